The lowest BCUT2D eigenvalue weighted by molar-refractivity contribution is 0.498. The lowest BCUT2D eigenvalue weighted by Crippen LogP contribution is -2.05. The van der Waals surface area contributed by atoms with E-state index in [9.17, 15) is 0 Å². The maximum Gasteiger partial charge on any atom is 0.247 e. The lowest BCUT2D eigenvalue weighted by atomic mass is 10.2. The molecule has 3 heterocycles. The third-order valence-electron chi connectivity index (χ3n) is 4.52. The summed E-state index contributed by atoms with van der Waals surface area (Å²) >= 11 is 6.02. The minimum absolute atomic E-state index is 0.444. The van der Waals surface area contributed by atoms with Gasteiger partial charge in [0, 0.05) is 29.5 Å². The number of halogens is 1. The number of aromatic nitrogens is 5. The smallest absolute Gasteiger partial charge is 0.247 e. The van der Waals surface area contributed by atoms with Crippen LogP contribution >= 0.6 is 11.6 Å². The Morgan fingerprint density at radius 1 is 1.04 bits per heavy atom. The highest BCUT2D eigenvalue weighted by Gasteiger charge is 2.30. The molecular formula is C19H16ClN5O2. The van der Waals surface area contributed by atoms with Gasteiger partial charge in [-0.25, -0.2) is 0 Å². The fourth-order valence-corrected chi connectivity index (χ4v) is 3.29. The molecule has 1 fully saturated rings. The zero-order chi connectivity index (χ0) is 18.2. The Balaban J connectivity index is 1.35. The molecule has 0 N–H and O–H groups in total. The highest BCUT2D eigenvalue weighted by molar-refractivity contribution is 6.30. The molecule has 7 nitrogen and oxygen atoms in total. The quantitative estimate of drug-likeness (QED) is 0.493. The molecule has 1 aliphatic rings. The monoisotopic (exact) mass is 381 g/mol. The Bertz CT molecular complexity index is 1070. The van der Waals surface area contributed by atoms with Crippen molar-refractivity contribution in [1.29, 1.82) is 0 Å². The Morgan fingerprint density at radius 2 is 1.96 bits per heavy atom. The molecule has 1 saturated carbocycles. The van der Waals surface area contributed by atoms with Crippen molar-refractivity contribution in [3.8, 4) is 23.0 Å². The molecule has 0 spiro atoms. The van der Waals surface area contributed by atoms with Gasteiger partial charge in [-0.15, -0.1) is 20.4 Å². The van der Waals surface area contributed by atoms with Crippen molar-refractivity contribution in [2.24, 2.45) is 0 Å². The van der Waals surface area contributed by atoms with Crippen LogP contribution in [0, 0.1) is 0 Å². The van der Waals surface area contributed by atoms with Gasteiger partial charge >= 0.3 is 0 Å². The summed E-state index contributed by atoms with van der Waals surface area (Å²) in [6.07, 6.45) is 5.19. The predicted molar refractivity (Wildman–Crippen MR) is 98.1 cm³/mol. The zero-order valence-electron chi connectivity index (χ0n) is 14.4. The Morgan fingerprint density at radius 3 is 2.74 bits per heavy atom. The number of furan rings is 1. The lowest BCUT2D eigenvalue weighted by Gasteiger charge is -2.06. The van der Waals surface area contributed by atoms with E-state index in [1.165, 1.54) is 0 Å². The first kappa shape index (κ1) is 16.3. The highest BCUT2D eigenvalue weighted by Crippen LogP contribution is 2.39. The summed E-state index contributed by atoms with van der Waals surface area (Å²) in [5.74, 6) is 3.46. The van der Waals surface area contributed by atoms with Crippen LogP contribution in [0.15, 0.2) is 51.5 Å². The van der Waals surface area contributed by atoms with Crippen molar-refractivity contribution in [2.75, 3.05) is 0 Å². The van der Waals surface area contributed by atoms with Crippen molar-refractivity contribution >= 4 is 11.6 Å². The minimum Gasteiger partial charge on any atom is -0.461 e. The van der Waals surface area contributed by atoms with Crippen LogP contribution in [-0.4, -0.2) is 25.0 Å². The largest absolute Gasteiger partial charge is 0.461 e. The number of benzene rings is 1. The second-order valence-corrected chi connectivity index (χ2v) is 6.97. The molecule has 0 saturated heterocycles. The number of aryl methyl sites for hydroxylation is 2. The van der Waals surface area contributed by atoms with Gasteiger partial charge in [-0.2, -0.15) is 0 Å². The molecule has 4 aromatic rings. The SMILES string of the molecule is Clc1cccc(-c2nnc(CCc3nnc(-c4ccco4)n3C3CC3)o2)c1. The van der Waals surface area contributed by atoms with Crippen LogP contribution in [0.5, 0.6) is 0 Å². The molecule has 8 heteroatoms. The summed E-state index contributed by atoms with van der Waals surface area (Å²) in [5.41, 5.74) is 0.808. The molecule has 1 aliphatic carbocycles. The molecule has 27 heavy (non-hydrogen) atoms. The number of hydrogen-bond donors (Lipinski definition) is 0. The standard InChI is InChI=1S/C19H16ClN5O2/c20-13-4-1-3-12(11-13)19-24-22-17(27-19)9-8-16-21-23-18(15-5-2-10-26-15)25(16)14-6-7-14/h1-5,10-11,14H,6-9H2. The van der Waals surface area contributed by atoms with Crippen LogP contribution < -0.4 is 0 Å². The van der Waals surface area contributed by atoms with Crippen LogP contribution in [0.3, 0.4) is 0 Å². The highest BCUT2D eigenvalue weighted by atomic mass is 35.5. The van der Waals surface area contributed by atoms with Gasteiger partial charge in [-0.3, -0.25) is 0 Å². The summed E-state index contributed by atoms with van der Waals surface area (Å²) in [5, 5.41) is 17.6. The van der Waals surface area contributed by atoms with E-state index >= 15 is 0 Å². The first-order valence-electron chi connectivity index (χ1n) is 8.84. The van der Waals surface area contributed by atoms with E-state index < -0.39 is 0 Å². The molecule has 136 valence electrons. The van der Waals surface area contributed by atoms with E-state index in [1.807, 2.05) is 30.3 Å². The van der Waals surface area contributed by atoms with Crippen LogP contribution in [0.4, 0.5) is 0 Å². The topological polar surface area (TPSA) is 82.8 Å². The van der Waals surface area contributed by atoms with Gasteiger partial charge in [0.05, 0.1) is 6.26 Å². The second-order valence-electron chi connectivity index (χ2n) is 6.53. The Labute approximate surface area is 160 Å². The van der Waals surface area contributed by atoms with Crippen molar-refractivity contribution in [3.63, 3.8) is 0 Å². The summed E-state index contributed by atoms with van der Waals surface area (Å²) in [7, 11) is 0. The Hall–Kier alpha value is -2.93. The van der Waals surface area contributed by atoms with E-state index in [-0.39, 0.29) is 0 Å². The number of hydrogen-bond acceptors (Lipinski definition) is 6. The van der Waals surface area contributed by atoms with Gasteiger partial charge in [0.1, 0.15) is 5.82 Å². The third-order valence-corrected chi connectivity index (χ3v) is 4.76. The van der Waals surface area contributed by atoms with Gasteiger partial charge in [-0.1, -0.05) is 17.7 Å². The molecule has 0 bridgehead atoms. The van der Waals surface area contributed by atoms with Crippen LogP contribution in [-0.2, 0) is 12.8 Å². The van der Waals surface area contributed by atoms with Gasteiger partial charge in [0.2, 0.25) is 11.8 Å². The molecule has 3 aromatic heterocycles. The molecule has 0 aliphatic heterocycles. The van der Waals surface area contributed by atoms with E-state index in [1.54, 1.807) is 12.3 Å². The van der Waals surface area contributed by atoms with E-state index in [0.29, 0.717) is 35.7 Å². The van der Waals surface area contributed by atoms with Crippen molar-refractivity contribution in [3.05, 3.63) is 59.4 Å². The summed E-state index contributed by atoms with van der Waals surface area (Å²) in [6, 6.07) is 11.6. The normalized spacial score (nSPS) is 14.0. The van der Waals surface area contributed by atoms with Crippen molar-refractivity contribution in [2.45, 2.75) is 31.7 Å². The van der Waals surface area contributed by atoms with E-state index in [0.717, 1.165) is 35.8 Å². The van der Waals surface area contributed by atoms with Crippen molar-refractivity contribution in [1.82, 2.24) is 25.0 Å². The predicted octanol–water partition coefficient (Wildman–Crippen LogP) is 4.36. The fourth-order valence-electron chi connectivity index (χ4n) is 3.10. The second kappa shape index (κ2) is 6.66. The maximum absolute atomic E-state index is 6.02. The van der Waals surface area contributed by atoms with Crippen LogP contribution in [0.2, 0.25) is 5.02 Å². The summed E-state index contributed by atoms with van der Waals surface area (Å²) in [6.45, 7) is 0. The maximum atomic E-state index is 6.02. The number of rotatable bonds is 6. The van der Waals surface area contributed by atoms with Crippen LogP contribution in [0.1, 0.15) is 30.6 Å². The minimum atomic E-state index is 0.444. The van der Waals surface area contributed by atoms with Gasteiger partial charge in [-0.05, 0) is 43.2 Å². The molecule has 0 atom stereocenters. The molecule has 0 unspecified atom stereocenters. The van der Waals surface area contributed by atoms with E-state index in [4.69, 9.17) is 20.4 Å². The van der Waals surface area contributed by atoms with Gasteiger partial charge in [0.25, 0.3) is 0 Å². The van der Waals surface area contributed by atoms with Crippen molar-refractivity contribution < 1.29 is 8.83 Å². The molecular weight excluding hydrogens is 366 g/mol. The number of nitrogens with zero attached hydrogens (tertiary/aromatic N) is 5. The third kappa shape index (κ3) is 3.26. The fraction of sp³-hybridized carbons (Fsp3) is 0.263. The average Bonchev–Trinajstić information content (AvgIpc) is 3.09. The molecule has 0 amide bonds. The first-order chi connectivity index (χ1) is 13.3. The van der Waals surface area contributed by atoms with Crippen LogP contribution in [0.25, 0.3) is 23.0 Å². The Kier molecular flexibility index (Phi) is 4.01. The molecule has 5 rings (SSSR count). The first-order valence-corrected chi connectivity index (χ1v) is 9.22. The summed E-state index contributed by atoms with van der Waals surface area (Å²) < 4.78 is 13.5. The van der Waals surface area contributed by atoms with E-state index in [2.05, 4.69) is 25.0 Å². The van der Waals surface area contributed by atoms with Gasteiger partial charge in [0.15, 0.2) is 11.6 Å². The molecule has 1 aromatic carbocycles. The average molecular weight is 382 g/mol. The zero-order valence-corrected chi connectivity index (χ0v) is 15.1. The summed E-state index contributed by atoms with van der Waals surface area (Å²) in [4.78, 5) is 0. The molecule has 0 radical (unpaired) electrons. The van der Waals surface area contributed by atoms with Gasteiger partial charge < -0.3 is 13.4 Å².